The summed E-state index contributed by atoms with van der Waals surface area (Å²) in [5, 5.41) is 0. The Labute approximate surface area is 164 Å². The van der Waals surface area contributed by atoms with Crippen LogP contribution in [-0.2, 0) is 22.5 Å². The molecule has 2 N–H and O–H groups in total. The van der Waals surface area contributed by atoms with Gasteiger partial charge in [-0.3, -0.25) is 9.69 Å². The van der Waals surface area contributed by atoms with E-state index >= 15 is 0 Å². The smallest absolute Gasteiger partial charge is 0.404 e. The van der Waals surface area contributed by atoms with Crippen molar-refractivity contribution in [3.63, 3.8) is 0 Å². The Kier molecular flexibility index (Phi) is 6.41. The van der Waals surface area contributed by atoms with Gasteiger partial charge in [0.2, 0.25) is 0 Å². The fourth-order valence-corrected chi connectivity index (χ4v) is 3.85. The molecule has 3 rings (SSSR count). The Hall–Kier alpha value is -2.73. The number of carbonyl (C=O) groups is 2. The lowest BCUT2D eigenvalue weighted by atomic mass is 9.81. The Morgan fingerprint density at radius 3 is 2.46 bits per heavy atom. The van der Waals surface area contributed by atoms with Gasteiger partial charge >= 0.3 is 6.09 Å². The van der Waals surface area contributed by atoms with Crippen LogP contribution in [0.4, 0.5) is 9.18 Å². The van der Waals surface area contributed by atoms with Crippen LogP contribution in [0.15, 0.2) is 54.6 Å². The fraction of sp³-hybridized carbons (Fsp3) is 0.364. The second-order valence-electron chi connectivity index (χ2n) is 7.57. The van der Waals surface area contributed by atoms with Crippen LogP contribution >= 0.6 is 0 Å². The van der Waals surface area contributed by atoms with Crippen molar-refractivity contribution in [1.29, 1.82) is 0 Å². The van der Waals surface area contributed by atoms with Crippen molar-refractivity contribution in [2.45, 2.75) is 25.8 Å². The summed E-state index contributed by atoms with van der Waals surface area (Å²) in [6, 6.07) is 16.1. The number of halogens is 1. The Morgan fingerprint density at radius 2 is 1.79 bits per heavy atom. The highest BCUT2D eigenvalue weighted by molar-refractivity contribution is 5.81. The van der Waals surface area contributed by atoms with Crippen LogP contribution in [0, 0.1) is 11.2 Å². The van der Waals surface area contributed by atoms with Crippen molar-refractivity contribution < 1.29 is 18.7 Å². The molecule has 1 aliphatic heterocycles. The molecule has 0 saturated carbocycles. The van der Waals surface area contributed by atoms with Gasteiger partial charge in [0, 0.05) is 31.3 Å². The lowest BCUT2D eigenvalue weighted by Gasteiger charge is -2.28. The van der Waals surface area contributed by atoms with Gasteiger partial charge in [0.05, 0.1) is 0 Å². The van der Waals surface area contributed by atoms with E-state index in [0.717, 1.165) is 25.1 Å². The van der Waals surface area contributed by atoms with E-state index in [9.17, 15) is 14.0 Å². The zero-order valence-corrected chi connectivity index (χ0v) is 15.8. The summed E-state index contributed by atoms with van der Waals surface area (Å²) < 4.78 is 18.2. The number of nitrogens with two attached hydrogens (primary N) is 1. The second-order valence-corrected chi connectivity index (χ2v) is 7.57. The topological polar surface area (TPSA) is 72.6 Å². The molecule has 1 aliphatic rings. The van der Waals surface area contributed by atoms with Gasteiger partial charge in [-0.1, -0.05) is 42.5 Å². The van der Waals surface area contributed by atoms with Crippen molar-refractivity contribution in [1.82, 2.24) is 4.90 Å². The van der Waals surface area contributed by atoms with E-state index in [1.807, 2.05) is 18.2 Å². The van der Waals surface area contributed by atoms with E-state index in [-0.39, 0.29) is 24.6 Å². The quantitative estimate of drug-likeness (QED) is 0.758. The van der Waals surface area contributed by atoms with Gasteiger partial charge in [0.25, 0.3) is 0 Å². The predicted octanol–water partition coefficient (Wildman–Crippen LogP) is 3.32. The lowest BCUT2D eigenvalue weighted by molar-refractivity contribution is -0.121. The number of hydrogen-bond acceptors (Lipinski definition) is 4. The normalized spacial score (nSPS) is 19.5. The maximum absolute atomic E-state index is 13.1. The molecule has 2 aromatic carbocycles. The zero-order valence-electron chi connectivity index (χ0n) is 15.8. The van der Waals surface area contributed by atoms with E-state index in [2.05, 4.69) is 17.0 Å². The highest BCUT2D eigenvalue weighted by Crippen LogP contribution is 2.36. The van der Waals surface area contributed by atoms with Crippen molar-refractivity contribution >= 4 is 11.9 Å². The number of hydrogen-bond donors (Lipinski definition) is 1. The predicted molar refractivity (Wildman–Crippen MR) is 104 cm³/mol. The van der Waals surface area contributed by atoms with Crippen LogP contribution in [0.5, 0.6) is 0 Å². The van der Waals surface area contributed by atoms with Crippen LogP contribution in [0.1, 0.15) is 24.0 Å². The molecule has 5 nitrogen and oxygen atoms in total. The number of ketones is 1. The third kappa shape index (κ3) is 5.63. The van der Waals surface area contributed by atoms with Crippen LogP contribution in [0.25, 0.3) is 0 Å². The average Bonchev–Trinajstić information content (AvgIpc) is 3.05. The van der Waals surface area contributed by atoms with Crippen LogP contribution in [-0.4, -0.2) is 36.5 Å². The number of primary amides is 1. The zero-order chi connectivity index (χ0) is 20.0. The van der Waals surface area contributed by atoms with E-state index in [1.165, 1.54) is 17.7 Å². The standard InChI is InChI=1S/C22H25FN2O3/c23-19-8-6-17(7-9-19)12-20(26)13-22(16-28-21(24)27)10-11-25(15-22)14-18-4-2-1-3-5-18/h1-9H,10-16H2,(H2,24,27). The molecule has 0 aromatic heterocycles. The first-order valence-corrected chi connectivity index (χ1v) is 9.39. The first-order valence-electron chi connectivity index (χ1n) is 9.39. The van der Waals surface area contributed by atoms with Crippen LogP contribution in [0.2, 0.25) is 0 Å². The first-order chi connectivity index (χ1) is 13.4. The van der Waals surface area contributed by atoms with Crippen molar-refractivity contribution in [2.24, 2.45) is 11.1 Å². The number of benzene rings is 2. The van der Waals surface area contributed by atoms with Crippen LogP contribution < -0.4 is 5.73 Å². The largest absolute Gasteiger partial charge is 0.449 e. The van der Waals surface area contributed by atoms with Gasteiger partial charge in [0.1, 0.15) is 18.2 Å². The van der Waals surface area contributed by atoms with Gasteiger partial charge in [-0.25, -0.2) is 9.18 Å². The van der Waals surface area contributed by atoms with E-state index in [1.54, 1.807) is 12.1 Å². The molecular formula is C22H25FN2O3. The number of nitrogens with zero attached hydrogens (tertiary/aromatic N) is 1. The van der Waals surface area contributed by atoms with E-state index in [4.69, 9.17) is 10.5 Å². The maximum atomic E-state index is 13.1. The molecule has 0 bridgehead atoms. The molecular weight excluding hydrogens is 359 g/mol. The minimum Gasteiger partial charge on any atom is -0.449 e. The average molecular weight is 384 g/mol. The lowest BCUT2D eigenvalue weighted by Crippen LogP contribution is -2.35. The summed E-state index contributed by atoms with van der Waals surface area (Å²) in [4.78, 5) is 26.1. The number of rotatable bonds is 8. The Bertz CT molecular complexity index is 810. The summed E-state index contributed by atoms with van der Waals surface area (Å²) in [6.07, 6.45) is 0.453. The van der Waals surface area contributed by atoms with Gasteiger partial charge in [-0.15, -0.1) is 0 Å². The summed E-state index contributed by atoms with van der Waals surface area (Å²) in [7, 11) is 0. The summed E-state index contributed by atoms with van der Waals surface area (Å²) in [6.45, 7) is 2.39. The number of likely N-dealkylation sites (tertiary alicyclic amines) is 1. The van der Waals surface area contributed by atoms with E-state index < -0.39 is 11.5 Å². The van der Waals surface area contributed by atoms with Gasteiger partial charge < -0.3 is 10.5 Å². The minimum absolute atomic E-state index is 0.0428. The molecule has 0 aliphatic carbocycles. The maximum Gasteiger partial charge on any atom is 0.404 e. The second kappa shape index (κ2) is 8.97. The fourth-order valence-electron chi connectivity index (χ4n) is 3.85. The molecule has 148 valence electrons. The Balaban J connectivity index is 1.65. The summed E-state index contributed by atoms with van der Waals surface area (Å²) in [5.74, 6) is -0.281. The molecule has 1 amide bonds. The molecule has 1 unspecified atom stereocenters. The minimum atomic E-state index is -0.827. The molecule has 6 heteroatoms. The molecule has 1 saturated heterocycles. The third-order valence-corrected chi connectivity index (χ3v) is 5.17. The number of Topliss-reactive ketones (excluding diaryl/α,β-unsaturated/α-hetero) is 1. The molecule has 28 heavy (non-hydrogen) atoms. The van der Waals surface area contributed by atoms with Crippen molar-refractivity contribution in [3.8, 4) is 0 Å². The van der Waals surface area contributed by atoms with Gasteiger partial charge in [-0.2, -0.15) is 0 Å². The van der Waals surface area contributed by atoms with Crippen molar-refractivity contribution in [3.05, 3.63) is 71.5 Å². The molecule has 1 atom stereocenters. The monoisotopic (exact) mass is 384 g/mol. The van der Waals surface area contributed by atoms with Crippen LogP contribution in [0.3, 0.4) is 0 Å². The van der Waals surface area contributed by atoms with E-state index in [0.29, 0.717) is 13.0 Å². The number of carbonyl (C=O) groups excluding carboxylic acids is 2. The molecule has 1 fully saturated rings. The highest BCUT2D eigenvalue weighted by atomic mass is 19.1. The Morgan fingerprint density at radius 1 is 1.07 bits per heavy atom. The molecule has 2 aromatic rings. The molecule has 0 radical (unpaired) electrons. The molecule has 0 spiro atoms. The van der Waals surface area contributed by atoms with Crippen molar-refractivity contribution in [2.75, 3.05) is 19.7 Å². The van der Waals surface area contributed by atoms with Gasteiger partial charge in [-0.05, 0) is 36.2 Å². The summed E-state index contributed by atoms with van der Waals surface area (Å²) in [5.41, 5.74) is 6.69. The molecule has 1 heterocycles. The van der Waals surface area contributed by atoms with Gasteiger partial charge in [0.15, 0.2) is 0 Å². The number of ether oxygens (including phenoxy) is 1. The SMILES string of the molecule is NC(=O)OCC1(CC(=O)Cc2ccc(F)cc2)CCN(Cc2ccccc2)C1. The number of amides is 1. The first kappa shape index (κ1) is 20.0. The summed E-state index contributed by atoms with van der Waals surface area (Å²) >= 11 is 0. The highest BCUT2D eigenvalue weighted by Gasteiger charge is 2.40. The third-order valence-electron chi connectivity index (χ3n) is 5.17.